The van der Waals surface area contributed by atoms with E-state index in [1.54, 1.807) is 0 Å². The predicted molar refractivity (Wildman–Crippen MR) is 153 cm³/mol. The Kier molecular flexibility index (Phi) is 6.68. The van der Waals surface area contributed by atoms with Gasteiger partial charge in [0.05, 0.1) is 5.57 Å². The van der Waals surface area contributed by atoms with Gasteiger partial charge < -0.3 is 0 Å². The van der Waals surface area contributed by atoms with E-state index in [2.05, 4.69) is 66.7 Å². The van der Waals surface area contributed by atoms with Gasteiger partial charge in [-0.25, -0.2) is 0 Å². The van der Waals surface area contributed by atoms with Crippen LogP contribution in [0.4, 0.5) is 0 Å². The average molecular weight is 519 g/mol. The van der Waals surface area contributed by atoms with Gasteiger partial charge in [0, 0.05) is 17.3 Å². The van der Waals surface area contributed by atoms with Gasteiger partial charge in [0.15, 0.2) is 11.6 Å². The minimum atomic E-state index is -0.705. The lowest BCUT2D eigenvalue weighted by atomic mass is 9.35. The monoisotopic (exact) mass is 518 g/mol. The molecule has 0 aromatic rings. The van der Waals surface area contributed by atoms with Gasteiger partial charge in [-0.05, 0) is 98.7 Å². The van der Waals surface area contributed by atoms with Crippen molar-refractivity contribution in [2.75, 3.05) is 0 Å². The highest BCUT2D eigenvalue weighted by molar-refractivity contribution is 6.22. The van der Waals surface area contributed by atoms with Crippen LogP contribution in [0.1, 0.15) is 101 Å². The lowest BCUT2D eigenvalue weighted by Crippen LogP contribution is -2.66. The Morgan fingerprint density at radius 3 is 2.32 bits per heavy atom. The molecule has 11 unspecified atom stereocenters. The van der Waals surface area contributed by atoms with Crippen LogP contribution >= 0.6 is 0 Å². The number of hydrogen-bond acceptors (Lipinski definition) is 3. The predicted octanol–water partition coefficient (Wildman–Crippen LogP) is 7.95. The second-order valence-corrected chi connectivity index (χ2v) is 14.9. The molecule has 3 nitrogen and oxygen atoms in total. The Morgan fingerprint density at radius 2 is 1.74 bits per heavy atom. The van der Waals surface area contributed by atoms with Gasteiger partial charge in [-0.2, -0.15) is 0 Å². The molecule has 0 aromatic heterocycles. The largest absolute Gasteiger partial charge is 0.299 e. The van der Waals surface area contributed by atoms with Gasteiger partial charge in [-0.15, -0.1) is 0 Å². The Morgan fingerprint density at radius 1 is 1.05 bits per heavy atom. The highest BCUT2D eigenvalue weighted by Gasteiger charge is 2.69. The van der Waals surface area contributed by atoms with E-state index in [4.69, 9.17) is 0 Å². The van der Waals surface area contributed by atoms with Crippen molar-refractivity contribution >= 4 is 17.3 Å². The van der Waals surface area contributed by atoms with Crippen LogP contribution in [-0.2, 0) is 14.4 Å². The molecule has 0 saturated heterocycles. The normalized spacial score (nSPS) is 48.7. The molecular weight excluding hydrogens is 468 g/mol. The number of ketones is 3. The summed E-state index contributed by atoms with van der Waals surface area (Å²) < 4.78 is 0. The van der Waals surface area contributed by atoms with Crippen LogP contribution in [0, 0.1) is 63.6 Å². The number of allylic oxidation sites excluding steroid dienone is 6. The van der Waals surface area contributed by atoms with E-state index in [-0.39, 0.29) is 46.1 Å². The quantitative estimate of drug-likeness (QED) is 0.281. The SMILES string of the molecule is CCC1=CC(C2C=CC(C)CC2)C2CC3(C)CC4(C)CC(C)=C(C(C)=O)C(=O)C4(C)C(C)C3C(=O)C2C1C. The molecule has 2 saturated carbocycles. The Hall–Kier alpha value is -1.77. The number of fused-ring (bicyclic) bond motifs is 3. The first-order valence-electron chi connectivity index (χ1n) is 15.4. The zero-order valence-electron chi connectivity index (χ0n) is 25.3. The first-order chi connectivity index (χ1) is 17.7. The fourth-order valence-corrected chi connectivity index (χ4v) is 10.8. The van der Waals surface area contributed by atoms with E-state index in [1.807, 2.05) is 6.92 Å². The summed E-state index contributed by atoms with van der Waals surface area (Å²) in [5.41, 5.74) is 1.70. The van der Waals surface area contributed by atoms with Gasteiger partial charge in [0.2, 0.25) is 0 Å². The van der Waals surface area contributed by atoms with Crippen LogP contribution in [0.2, 0.25) is 0 Å². The molecule has 38 heavy (non-hydrogen) atoms. The number of hydrogen-bond donors (Lipinski definition) is 0. The molecule has 5 aliphatic rings. The molecule has 0 N–H and O–H groups in total. The van der Waals surface area contributed by atoms with Crippen LogP contribution < -0.4 is 0 Å². The summed E-state index contributed by atoms with van der Waals surface area (Å²) in [6.07, 6.45) is 13.6. The van der Waals surface area contributed by atoms with Gasteiger partial charge in [0.1, 0.15) is 5.78 Å². The molecule has 0 spiro atoms. The van der Waals surface area contributed by atoms with E-state index in [1.165, 1.54) is 25.3 Å². The molecule has 5 aliphatic carbocycles. The van der Waals surface area contributed by atoms with Crippen molar-refractivity contribution in [2.24, 2.45) is 63.6 Å². The summed E-state index contributed by atoms with van der Waals surface area (Å²) in [5.74, 6) is 2.28. The van der Waals surface area contributed by atoms with Gasteiger partial charge >= 0.3 is 0 Å². The summed E-state index contributed by atoms with van der Waals surface area (Å²) in [4.78, 5) is 41.6. The molecule has 11 atom stereocenters. The van der Waals surface area contributed by atoms with Crippen LogP contribution in [0.25, 0.3) is 0 Å². The molecule has 0 aromatic carbocycles. The van der Waals surface area contributed by atoms with E-state index < -0.39 is 5.41 Å². The van der Waals surface area contributed by atoms with Crippen LogP contribution in [0.15, 0.2) is 34.9 Å². The zero-order chi connectivity index (χ0) is 27.9. The average Bonchev–Trinajstić information content (AvgIpc) is 2.82. The van der Waals surface area contributed by atoms with Crippen LogP contribution in [-0.4, -0.2) is 17.3 Å². The Bertz CT molecular complexity index is 1150. The number of Topliss-reactive ketones (excluding diaryl/α,β-unsaturated/α-hetero) is 3. The maximum Gasteiger partial charge on any atom is 0.173 e. The second kappa shape index (κ2) is 9.13. The first kappa shape index (κ1) is 27.8. The van der Waals surface area contributed by atoms with Crippen molar-refractivity contribution < 1.29 is 14.4 Å². The molecule has 0 radical (unpaired) electrons. The molecule has 0 heterocycles. The number of carbonyl (C=O) groups excluding carboxylic acids is 3. The van der Waals surface area contributed by atoms with Crippen molar-refractivity contribution in [3.05, 3.63) is 34.9 Å². The molecule has 2 fully saturated rings. The van der Waals surface area contributed by atoms with Crippen LogP contribution in [0.5, 0.6) is 0 Å². The summed E-state index contributed by atoms with van der Waals surface area (Å²) in [6, 6.07) is 0. The summed E-state index contributed by atoms with van der Waals surface area (Å²) in [5, 5.41) is 0. The lowest BCUT2D eigenvalue weighted by Gasteiger charge is -2.66. The van der Waals surface area contributed by atoms with Crippen molar-refractivity contribution in [3.8, 4) is 0 Å². The Balaban J connectivity index is 1.60. The third kappa shape index (κ3) is 3.69. The fraction of sp³-hybridized carbons (Fsp3) is 0.743. The minimum Gasteiger partial charge on any atom is -0.299 e. The zero-order valence-corrected chi connectivity index (χ0v) is 25.3. The maximum atomic E-state index is 14.8. The maximum absolute atomic E-state index is 14.8. The fourth-order valence-electron chi connectivity index (χ4n) is 10.8. The van der Waals surface area contributed by atoms with Crippen molar-refractivity contribution in [1.82, 2.24) is 0 Å². The van der Waals surface area contributed by atoms with E-state index in [0.29, 0.717) is 35.0 Å². The smallest absolute Gasteiger partial charge is 0.173 e. The van der Waals surface area contributed by atoms with Gasteiger partial charge in [-0.1, -0.05) is 77.8 Å². The number of rotatable bonds is 3. The molecule has 0 aliphatic heterocycles. The minimum absolute atomic E-state index is 0.00843. The van der Waals surface area contributed by atoms with Crippen LogP contribution in [0.3, 0.4) is 0 Å². The standard InChI is InChI=1S/C35H50O3/c1-10-24-15-26(25-13-11-19(2)12-14-25)27-17-33(7)18-34(8)16-20(3)28(23(6)36)32(38)35(34,9)22(5)30(33)31(37)29(27)21(24)4/h11,13,15,19,21-22,25-27,29-30H,10,12,14,16-18H2,1-9H3. The summed E-state index contributed by atoms with van der Waals surface area (Å²) in [7, 11) is 0. The Labute approximate surface area is 231 Å². The molecule has 208 valence electrons. The second-order valence-electron chi connectivity index (χ2n) is 14.9. The third-order valence-electron chi connectivity index (χ3n) is 12.7. The molecule has 0 bridgehead atoms. The highest BCUT2D eigenvalue weighted by Crippen LogP contribution is 2.70. The topological polar surface area (TPSA) is 51.2 Å². The third-order valence-corrected chi connectivity index (χ3v) is 12.7. The number of carbonyl (C=O) groups is 3. The molecular formula is C35H50O3. The molecule has 3 heteroatoms. The highest BCUT2D eigenvalue weighted by atomic mass is 16.2. The lowest BCUT2D eigenvalue weighted by molar-refractivity contribution is -0.186. The first-order valence-corrected chi connectivity index (χ1v) is 15.4. The summed E-state index contributed by atoms with van der Waals surface area (Å²) in [6.45, 7) is 19.2. The summed E-state index contributed by atoms with van der Waals surface area (Å²) >= 11 is 0. The van der Waals surface area contributed by atoms with Crippen molar-refractivity contribution in [2.45, 2.75) is 101 Å². The van der Waals surface area contributed by atoms with Gasteiger partial charge in [-0.3, -0.25) is 14.4 Å². The molecule has 5 rings (SSSR count). The van der Waals surface area contributed by atoms with E-state index in [9.17, 15) is 14.4 Å². The molecule has 0 amide bonds. The van der Waals surface area contributed by atoms with Crippen molar-refractivity contribution in [3.63, 3.8) is 0 Å². The van der Waals surface area contributed by atoms with E-state index >= 15 is 0 Å². The van der Waals surface area contributed by atoms with E-state index in [0.717, 1.165) is 31.3 Å². The van der Waals surface area contributed by atoms with Gasteiger partial charge in [0.25, 0.3) is 0 Å². The van der Waals surface area contributed by atoms with Crippen molar-refractivity contribution in [1.29, 1.82) is 0 Å².